The van der Waals surface area contributed by atoms with E-state index in [1.54, 1.807) is 0 Å². The number of halogens is 4. The number of alkyl halides is 2. The number of hydrogen-bond donors (Lipinski definition) is 1. The summed E-state index contributed by atoms with van der Waals surface area (Å²) >= 11 is 0. The molecule has 1 saturated heterocycles. The van der Waals surface area contributed by atoms with E-state index in [0.29, 0.717) is 12.8 Å². The molecule has 1 N–H and O–H groups in total. The highest BCUT2D eigenvalue weighted by Gasteiger charge is 2.58. The van der Waals surface area contributed by atoms with E-state index in [2.05, 4.69) is 0 Å². The number of rotatable bonds is 7. The Labute approximate surface area is 189 Å². The molecular weight excluding hydrogens is 460 g/mol. The van der Waals surface area contributed by atoms with Crippen LogP contribution in [0.15, 0.2) is 42.5 Å². The second kappa shape index (κ2) is 8.72. The quantitative estimate of drug-likeness (QED) is 0.609. The van der Waals surface area contributed by atoms with Gasteiger partial charge in [-0.05, 0) is 49.4 Å². The summed E-state index contributed by atoms with van der Waals surface area (Å²) in [7, 11) is -4.02. The Morgan fingerprint density at radius 1 is 1.15 bits per heavy atom. The maximum atomic E-state index is 15.4. The number of hydrogen-bond acceptors (Lipinski definition) is 3. The second-order valence-corrected chi connectivity index (χ2v) is 10.6. The van der Waals surface area contributed by atoms with E-state index in [1.165, 1.54) is 43.3 Å². The number of carbonyl (C=O) groups excluding carboxylic acids is 1. The normalized spacial score (nSPS) is 22.5. The minimum atomic E-state index is -4.02. The lowest BCUT2D eigenvalue weighted by Gasteiger charge is -2.29. The van der Waals surface area contributed by atoms with Gasteiger partial charge in [0, 0.05) is 11.5 Å². The lowest BCUT2D eigenvalue weighted by atomic mass is 9.95. The van der Waals surface area contributed by atoms with Gasteiger partial charge in [0.1, 0.15) is 17.7 Å². The van der Waals surface area contributed by atoms with Gasteiger partial charge in [-0.3, -0.25) is 4.79 Å². The monoisotopic (exact) mass is 484 g/mol. The fraction of sp³-hybridized carbons (Fsp3) is 0.435. The summed E-state index contributed by atoms with van der Waals surface area (Å²) in [6, 6.07) is 6.54. The van der Waals surface area contributed by atoms with Gasteiger partial charge in [0.05, 0.1) is 18.3 Å². The van der Waals surface area contributed by atoms with E-state index in [4.69, 9.17) is 0 Å². The summed E-state index contributed by atoms with van der Waals surface area (Å²) in [4.78, 5) is 13.8. The van der Waals surface area contributed by atoms with Crippen LogP contribution in [0.2, 0.25) is 0 Å². The van der Waals surface area contributed by atoms with Gasteiger partial charge in [-0.15, -0.1) is 0 Å². The third-order valence-corrected chi connectivity index (χ3v) is 7.53. The highest BCUT2D eigenvalue weighted by molar-refractivity contribution is 7.89. The van der Waals surface area contributed by atoms with E-state index < -0.39 is 57.9 Å². The lowest BCUT2D eigenvalue weighted by Crippen LogP contribution is -2.52. The SMILES string of the molecule is CCS(=O)(=O)N[C@@H]1[C@H](Cc2cccc(-c3cccc(F)c3)c2F)N(C(=O)C2CC2)CC1(F)F. The Morgan fingerprint density at radius 3 is 2.48 bits per heavy atom. The van der Waals surface area contributed by atoms with Crippen molar-refractivity contribution >= 4 is 15.9 Å². The van der Waals surface area contributed by atoms with Gasteiger partial charge in [-0.2, -0.15) is 0 Å². The molecule has 0 bridgehead atoms. The van der Waals surface area contributed by atoms with Crippen LogP contribution in [0.4, 0.5) is 17.6 Å². The molecule has 4 rings (SSSR count). The molecule has 1 aliphatic heterocycles. The average molecular weight is 485 g/mol. The molecule has 10 heteroatoms. The molecule has 2 atom stereocenters. The third-order valence-electron chi connectivity index (χ3n) is 6.16. The first-order chi connectivity index (χ1) is 15.5. The van der Waals surface area contributed by atoms with Gasteiger partial charge in [-0.25, -0.2) is 30.7 Å². The van der Waals surface area contributed by atoms with Crippen molar-refractivity contribution in [3.05, 3.63) is 59.7 Å². The summed E-state index contributed by atoms with van der Waals surface area (Å²) in [5.41, 5.74) is 0.400. The van der Waals surface area contributed by atoms with Gasteiger partial charge in [0.25, 0.3) is 5.92 Å². The van der Waals surface area contributed by atoms with Crippen LogP contribution in [0, 0.1) is 17.6 Å². The van der Waals surface area contributed by atoms with Crippen molar-refractivity contribution in [2.75, 3.05) is 12.3 Å². The molecule has 5 nitrogen and oxygen atoms in total. The number of nitrogens with one attached hydrogen (secondary N) is 1. The van der Waals surface area contributed by atoms with Crippen LogP contribution in [0.5, 0.6) is 0 Å². The predicted octanol–water partition coefficient (Wildman–Crippen LogP) is 3.74. The van der Waals surface area contributed by atoms with E-state index >= 15 is 4.39 Å². The van der Waals surface area contributed by atoms with Crippen molar-refractivity contribution in [2.24, 2.45) is 5.92 Å². The zero-order valence-corrected chi connectivity index (χ0v) is 18.7. The standard InChI is InChI=1S/C23H24F4N2O3S/c1-2-33(31,32)28-21-19(29(13-23(21,26)27)22(30)14-9-10-14)12-16-6-4-8-18(20(16)25)15-5-3-7-17(24)11-15/h3-8,11,14,19,21,28H,2,9-10,12-13H2,1H3/t19-,21+/m0/s1. The molecule has 33 heavy (non-hydrogen) atoms. The molecule has 1 heterocycles. The molecule has 1 saturated carbocycles. The highest BCUT2D eigenvalue weighted by atomic mass is 32.2. The molecule has 2 fully saturated rings. The molecule has 0 unspecified atom stereocenters. The molecule has 1 aliphatic carbocycles. The summed E-state index contributed by atoms with van der Waals surface area (Å²) in [6.45, 7) is 0.384. The van der Waals surface area contributed by atoms with Crippen molar-refractivity contribution in [3.63, 3.8) is 0 Å². The second-order valence-electron chi connectivity index (χ2n) is 8.56. The summed E-state index contributed by atoms with van der Waals surface area (Å²) < 4.78 is 85.3. The largest absolute Gasteiger partial charge is 0.331 e. The first-order valence-electron chi connectivity index (χ1n) is 10.7. The number of benzene rings is 2. The summed E-state index contributed by atoms with van der Waals surface area (Å²) in [5, 5.41) is 0. The topological polar surface area (TPSA) is 66.5 Å². The number of nitrogens with zero attached hydrogens (tertiary/aromatic N) is 1. The van der Waals surface area contributed by atoms with Crippen LogP contribution in [0.25, 0.3) is 11.1 Å². The summed E-state index contributed by atoms with van der Waals surface area (Å²) in [6.07, 6.45) is 0.852. The first kappa shape index (κ1) is 23.7. The van der Waals surface area contributed by atoms with Gasteiger partial charge in [0.2, 0.25) is 15.9 Å². The maximum absolute atomic E-state index is 15.4. The Balaban J connectivity index is 1.72. The van der Waals surface area contributed by atoms with Crippen LogP contribution in [-0.4, -0.2) is 49.5 Å². The zero-order chi connectivity index (χ0) is 24.0. The molecule has 0 radical (unpaired) electrons. The van der Waals surface area contributed by atoms with Crippen LogP contribution in [0.3, 0.4) is 0 Å². The minimum absolute atomic E-state index is 0.0359. The molecular formula is C23H24F4N2O3S. The minimum Gasteiger partial charge on any atom is -0.331 e. The highest BCUT2D eigenvalue weighted by Crippen LogP contribution is 2.40. The maximum Gasteiger partial charge on any atom is 0.283 e. The van der Waals surface area contributed by atoms with E-state index in [-0.39, 0.29) is 29.0 Å². The molecule has 2 aromatic rings. The predicted molar refractivity (Wildman–Crippen MR) is 115 cm³/mol. The Morgan fingerprint density at radius 2 is 1.85 bits per heavy atom. The van der Waals surface area contributed by atoms with Crippen molar-refractivity contribution in [2.45, 2.75) is 44.2 Å². The Bertz CT molecular complexity index is 1170. The van der Waals surface area contributed by atoms with E-state index in [9.17, 15) is 26.4 Å². The van der Waals surface area contributed by atoms with Crippen molar-refractivity contribution in [3.8, 4) is 11.1 Å². The Hall–Kier alpha value is -2.46. The molecule has 2 aromatic carbocycles. The number of sulfonamides is 1. The van der Waals surface area contributed by atoms with Crippen molar-refractivity contribution in [1.29, 1.82) is 0 Å². The van der Waals surface area contributed by atoms with Crippen LogP contribution >= 0.6 is 0 Å². The third kappa shape index (κ3) is 4.91. The van der Waals surface area contributed by atoms with Crippen molar-refractivity contribution in [1.82, 2.24) is 9.62 Å². The first-order valence-corrected chi connectivity index (χ1v) is 12.4. The van der Waals surface area contributed by atoms with E-state index in [1.807, 2.05) is 4.72 Å². The lowest BCUT2D eigenvalue weighted by molar-refractivity contribution is -0.134. The fourth-order valence-corrected chi connectivity index (χ4v) is 5.10. The van der Waals surface area contributed by atoms with Crippen LogP contribution in [0.1, 0.15) is 25.3 Å². The molecule has 0 aromatic heterocycles. The molecule has 0 spiro atoms. The molecule has 178 valence electrons. The number of carbonyl (C=O) groups is 1. The van der Waals surface area contributed by atoms with Gasteiger partial charge in [-0.1, -0.05) is 30.3 Å². The van der Waals surface area contributed by atoms with Gasteiger partial charge < -0.3 is 4.90 Å². The van der Waals surface area contributed by atoms with Gasteiger partial charge in [0.15, 0.2) is 0 Å². The number of likely N-dealkylation sites (tertiary alicyclic amines) is 1. The van der Waals surface area contributed by atoms with Gasteiger partial charge >= 0.3 is 0 Å². The van der Waals surface area contributed by atoms with Crippen LogP contribution in [-0.2, 0) is 21.2 Å². The van der Waals surface area contributed by atoms with Crippen molar-refractivity contribution < 1.29 is 30.8 Å². The van der Waals surface area contributed by atoms with E-state index in [0.717, 1.165) is 11.0 Å². The zero-order valence-electron chi connectivity index (χ0n) is 17.9. The Kier molecular flexibility index (Phi) is 6.26. The fourth-order valence-electron chi connectivity index (χ4n) is 4.22. The molecule has 2 aliphatic rings. The molecule has 1 amide bonds. The average Bonchev–Trinajstić information content (AvgIpc) is 3.57. The van der Waals surface area contributed by atoms with Crippen LogP contribution < -0.4 is 4.72 Å². The number of amides is 1. The summed E-state index contributed by atoms with van der Waals surface area (Å²) in [5.74, 6) is -6.05. The smallest absolute Gasteiger partial charge is 0.283 e.